The van der Waals surface area contributed by atoms with Crippen LogP contribution < -0.4 is 0 Å². The molecule has 7 heteroatoms. The highest BCUT2D eigenvalue weighted by molar-refractivity contribution is 6.48. The van der Waals surface area contributed by atoms with Gasteiger partial charge in [-0.2, -0.15) is 0 Å². The van der Waals surface area contributed by atoms with Crippen molar-refractivity contribution in [3.8, 4) is 0 Å². The highest BCUT2D eigenvalue weighted by Gasteiger charge is 2.34. The fraction of sp³-hybridized carbons (Fsp3) is 0.571. The van der Waals surface area contributed by atoms with Crippen molar-refractivity contribution in [1.82, 2.24) is 0 Å². The molecule has 14 heavy (non-hydrogen) atoms. The molecule has 0 amide bonds. The van der Waals surface area contributed by atoms with Crippen LogP contribution in [0.4, 0.5) is 0 Å². The van der Waals surface area contributed by atoms with Crippen LogP contribution in [0.3, 0.4) is 0 Å². The number of alkyl halides is 2. The number of rotatable bonds is 4. The molecule has 3 nitrogen and oxygen atoms in total. The number of cyclic esters (lactones) is 1. The molecule has 0 aromatic heterocycles. The molecule has 0 radical (unpaired) electrons. The van der Waals surface area contributed by atoms with Crippen molar-refractivity contribution in [1.29, 1.82) is 0 Å². The van der Waals surface area contributed by atoms with Crippen molar-refractivity contribution in [3.63, 3.8) is 0 Å². The molecule has 1 aliphatic rings. The van der Waals surface area contributed by atoms with Gasteiger partial charge in [-0.05, 0) is 0 Å². The molecule has 0 saturated carbocycles. The van der Waals surface area contributed by atoms with E-state index in [9.17, 15) is 4.79 Å². The van der Waals surface area contributed by atoms with E-state index in [1.807, 2.05) is 0 Å². The van der Waals surface area contributed by atoms with Crippen molar-refractivity contribution in [2.75, 3.05) is 11.8 Å². The molecule has 1 unspecified atom stereocenters. The summed E-state index contributed by atoms with van der Waals surface area (Å²) in [7, 11) is 0. The van der Waals surface area contributed by atoms with Crippen LogP contribution in [0.25, 0.3) is 0 Å². The fourth-order valence-electron chi connectivity index (χ4n) is 0.778. The van der Waals surface area contributed by atoms with Gasteiger partial charge in [0.25, 0.3) is 0 Å². The van der Waals surface area contributed by atoms with Crippen LogP contribution in [0.5, 0.6) is 0 Å². The number of halogens is 4. The molecule has 1 heterocycles. The average Bonchev–Trinajstić information content (AvgIpc) is 2.42. The number of hydrogen-bond acceptors (Lipinski definition) is 3. The predicted molar refractivity (Wildman–Crippen MR) is 54.9 cm³/mol. The van der Waals surface area contributed by atoms with E-state index in [1.165, 1.54) is 0 Å². The lowest BCUT2D eigenvalue weighted by atomic mass is 10.4. The largest absolute Gasteiger partial charge is 0.426 e. The maximum atomic E-state index is 10.9. The lowest BCUT2D eigenvalue weighted by molar-refractivity contribution is -0.163. The number of hydrogen-bond donors (Lipinski definition) is 0. The zero-order chi connectivity index (χ0) is 10.7. The summed E-state index contributed by atoms with van der Waals surface area (Å²) in [6, 6.07) is 0. The van der Waals surface area contributed by atoms with Gasteiger partial charge in [-0.15, -0.1) is 23.2 Å². The van der Waals surface area contributed by atoms with E-state index in [2.05, 4.69) is 0 Å². The van der Waals surface area contributed by atoms with Crippen molar-refractivity contribution >= 4 is 52.4 Å². The molecule has 0 N–H and O–H groups in total. The molecule has 1 rings (SSSR count). The Morgan fingerprint density at radius 1 is 1.36 bits per heavy atom. The third-order valence-corrected chi connectivity index (χ3v) is 2.98. The Balaban J connectivity index is 2.60. The molecule has 0 fully saturated rings. The first-order chi connectivity index (χ1) is 6.60. The molecule has 0 saturated heterocycles. The minimum absolute atomic E-state index is 0.0249. The van der Waals surface area contributed by atoms with E-state index >= 15 is 0 Å². The van der Waals surface area contributed by atoms with Crippen LogP contribution >= 0.6 is 46.4 Å². The number of ether oxygens (including phenoxy) is 2. The maximum absolute atomic E-state index is 10.9. The second-order valence-corrected chi connectivity index (χ2v) is 3.87. The van der Waals surface area contributed by atoms with Gasteiger partial charge in [0.2, 0.25) is 6.29 Å². The van der Waals surface area contributed by atoms with Crippen LogP contribution in [-0.2, 0) is 14.3 Å². The second-order valence-electron chi connectivity index (χ2n) is 2.47. The Kier molecular flexibility index (Phi) is 4.80. The quantitative estimate of drug-likeness (QED) is 0.586. The predicted octanol–water partition coefficient (Wildman–Crippen LogP) is 2.42. The summed E-state index contributed by atoms with van der Waals surface area (Å²) in [5.41, 5.74) is 0. The van der Waals surface area contributed by atoms with Gasteiger partial charge in [0.1, 0.15) is 10.1 Å². The Morgan fingerprint density at radius 2 is 1.93 bits per heavy atom. The molecule has 0 aliphatic carbocycles. The molecule has 0 bridgehead atoms. The Labute approximate surface area is 101 Å². The number of carbonyl (C=O) groups excluding carboxylic acids is 1. The zero-order valence-electron chi connectivity index (χ0n) is 6.81. The summed E-state index contributed by atoms with van der Waals surface area (Å²) >= 11 is 22.2. The summed E-state index contributed by atoms with van der Waals surface area (Å²) < 4.78 is 9.89. The second kappa shape index (κ2) is 5.42. The van der Waals surface area contributed by atoms with E-state index in [0.29, 0.717) is 0 Å². The minimum atomic E-state index is -0.987. The summed E-state index contributed by atoms with van der Waals surface area (Å²) in [4.78, 5) is 10.9. The van der Waals surface area contributed by atoms with E-state index < -0.39 is 18.4 Å². The van der Waals surface area contributed by atoms with Crippen molar-refractivity contribution in [2.45, 2.75) is 12.4 Å². The van der Waals surface area contributed by atoms with Gasteiger partial charge >= 0.3 is 5.97 Å². The first kappa shape index (κ1) is 12.4. The van der Waals surface area contributed by atoms with Crippen LogP contribution in [-0.4, -0.2) is 30.1 Å². The van der Waals surface area contributed by atoms with E-state index in [0.717, 1.165) is 0 Å². The molecular weight excluding hydrogens is 274 g/mol. The van der Waals surface area contributed by atoms with Gasteiger partial charge in [0, 0.05) is 11.8 Å². The van der Waals surface area contributed by atoms with Gasteiger partial charge in [-0.1, -0.05) is 23.2 Å². The van der Waals surface area contributed by atoms with Gasteiger partial charge in [-0.3, -0.25) is 0 Å². The van der Waals surface area contributed by atoms with E-state index in [1.54, 1.807) is 0 Å². The van der Waals surface area contributed by atoms with Gasteiger partial charge in [-0.25, -0.2) is 4.79 Å². The monoisotopic (exact) mass is 278 g/mol. The van der Waals surface area contributed by atoms with Gasteiger partial charge in [0.05, 0.1) is 6.10 Å². The van der Waals surface area contributed by atoms with Crippen molar-refractivity contribution in [2.24, 2.45) is 0 Å². The minimum Gasteiger partial charge on any atom is -0.426 e. The molecular formula is C7H6Cl4O3. The van der Waals surface area contributed by atoms with Crippen molar-refractivity contribution < 1.29 is 14.3 Å². The van der Waals surface area contributed by atoms with E-state index in [4.69, 9.17) is 55.9 Å². The molecule has 0 aromatic rings. The normalized spacial score (nSPS) is 22.1. The smallest absolute Gasteiger partial charge is 0.353 e. The van der Waals surface area contributed by atoms with E-state index in [-0.39, 0.29) is 21.8 Å². The van der Waals surface area contributed by atoms with Crippen LogP contribution in [0.15, 0.2) is 10.1 Å². The highest BCUT2D eigenvalue weighted by Crippen LogP contribution is 2.30. The fourth-order valence-corrected chi connectivity index (χ4v) is 1.56. The van der Waals surface area contributed by atoms with Gasteiger partial charge in [0.15, 0.2) is 0 Å². The summed E-state index contributed by atoms with van der Waals surface area (Å²) in [5.74, 6) is -0.344. The van der Waals surface area contributed by atoms with Crippen LogP contribution in [0.2, 0.25) is 0 Å². The topological polar surface area (TPSA) is 35.5 Å². The zero-order valence-corrected chi connectivity index (χ0v) is 9.83. The first-order valence-corrected chi connectivity index (χ1v) is 5.46. The molecule has 1 atom stereocenters. The maximum Gasteiger partial charge on any atom is 0.353 e. The Morgan fingerprint density at radius 3 is 2.29 bits per heavy atom. The number of carbonyl (C=O) groups is 1. The summed E-state index contributed by atoms with van der Waals surface area (Å²) in [6.07, 6.45) is -1.42. The van der Waals surface area contributed by atoms with Crippen molar-refractivity contribution in [3.05, 3.63) is 10.1 Å². The standard InChI is InChI=1S/C7H6Cl4O3/c8-1-3(2-9)13-7-5(11)4(10)6(12)14-7/h3,7H,1-2H2. The summed E-state index contributed by atoms with van der Waals surface area (Å²) in [6.45, 7) is 0. The molecule has 1 aliphatic heterocycles. The lowest BCUT2D eigenvalue weighted by Crippen LogP contribution is -2.25. The van der Waals surface area contributed by atoms with Gasteiger partial charge < -0.3 is 9.47 Å². The first-order valence-electron chi connectivity index (χ1n) is 3.63. The molecule has 0 aromatic carbocycles. The average molecular weight is 280 g/mol. The Bertz CT molecular complexity index is 262. The third-order valence-electron chi connectivity index (χ3n) is 1.47. The molecule has 80 valence electrons. The number of esters is 1. The van der Waals surface area contributed by atoms with Crippen LogP contribution in [0, 0.1) is 0 Å². The third kappa shape index (κ3) is 2.67. The lowest BCUT2D eigenvalue weighted by Gasteiger charge is -2.17. The summed E-state index contributed by atoms with van der Waals surface area (Å²) in [5, 5.41) is -0.142. The molecule has 0 spiro atoms. The van der Waals surface area contributed by atoms with Crippen LogP contribution in [0.1, 0.15) is 0 Å². The highest BCUT2D eigenvalue weighted by atomic mass is 35.5. The SMILES string of the molecule is O=C1OC(OC(CCl)CCl)C(Cl)=C1Cl. The Hall–Kier alpha value is 0.330.